The first kappa shape index (κ1) is 23.1. The van der Waals surface area contributed by atoms with Crippen molar-refractivity contribution in [2.24, 2.45) is 0 Å². The van der Waals surface area contributed by atoms with Gasteiger partial charge in [-0.05, 0) is 72.5 Å². The molecule has 33 heavy (non-hydrogen) atoms. The quantitative estimate of drug-likeness (QED) is 0.136. The number of anilines is 1. The normalized spacial score (nSPS) is 14.6. The van der Waals surface area contributed by atoms with Gasteiger partial charge in [0.05, 0.1) is 23.3 Å². The zero-order valence-electron chi connectivity index (χ0n) is 17.8. The summed E-state index contributed by atoms with van der Waals surface area (Å²) >= 11 is 8.33. The van der Waals surface area contributed by atoms with Crippen molar-refractivity contribution in [3.63, 3.8) is 0 Å². The van der Waals surface area contributed by atoms with Crippen molar-refractivity contribution in [3.8, 4) is 11.5 Å². The fourth-order valence-electron chi connectivity index (χ4n) is 3.12. The van der Waals surface area contributed by atoms with E-state index in [9.17, 15) is 9.59 Å². The van der Waals surface area contributed by atoms with Crippen LogP contribution in [0, 0.1) is 0 Å². The van der Waals surface area contributed by atoms with Gasteiger partial charge in [-0.3, -0.25) is 9.69 Å². The average Bonchev–Trinajstić information content (AvgIpc) is 3.12. The first-order chi connectivity index (χ1) is 16.0. The summed E-state index contributed by atoms with van der Waals surface area (Å²) in [6.45, 7) is 0. The molecule has 3 aromatic carbocycles. The Hall–Kier alpha value is -3.07. The minimum atomic E-state index is -0.459. The molecule has 8 heteroatoms. The van der Waals surface area contributed by atoms with Gasteiger partial charge in [-0.25, -0.2) is 4.79 Å². The van der Waals surface area contributed by atoms with Crippen molar-refractivity contribution in [2.45, 2.75) is 4.90 Å². The van der Waals surface area contributed by atoms with Crippen LogP contribution in [-0.4, -0.2) is 29.6 Å². The smallest absolute Gasteiger partial charge is 0.343 e. The zero-order valence-corrected chi connectivity index (χ0v) is 20.3. The highest BCUT2D eigenvalue weighted by atomic mass is 32.2. The van der Waals surface area contributed by atoms with Crippen LogP contribution in [0.2, 0.25) is 0 Å². The predicted octanol–water partition coefficient (Wildman–Crippen LogP) is 6.04. The summed E-state index contributed by atoms with van der Waals surface area (Å²) in [5.41, 5.74) is 1.99. The van der Waals surface area contributed by atoms with Crippen LogP contribution in [0.4, 0.5) is 5.69 Å². The lowest BCUT2D eigenvalue weighted by molar-refractivity contribution is -0.113. The first-order valence-electron chi connectivity index (χ1n) is 9.87. The predicted molar refractivity (Wildman–Crippen MR) is 138 cm³/mol. The van der Waals surface area contributed by atoms with E-state index in [1.807, 2.05) is 30.5 Å². The number of carbonyl (C=O) groups excluding carboxylic acids is 2. The maximum atomic E-state index is 13.0. The molecular formula is C25H19NO4S3. The summed E-state index contributed by atoms with van der Waals surface area (Å²) in [4.78, 5) is 28.5. The molecule has 1 heterocycles. The van der Waals surface area contributed by atoms with Crippen LogP contribution in [0.3, 0.4) is 0 Å². The molecular weight excluding hydrogens is 474 g/mol. The summed E-state index contributed by atoms with van der Waals surface area (Å²) in [6.07, 6.45) is 3.77. The lowest BCUT2D eigenvalue weighted by Crippen LogP contribution is -2.27. The second-order valence-corrected chi connectivity index (χ2v) is 9.46. The van der Waals surface area contributed by atoms with Crippen molar-refractivity contribution in [1.82, 2.24) is 0 Å². The second kappa shape index (κ2) is 10.2. The van der Waals surface area contributed by atoms with Crippen molar-refractivity contribution in [2.75, 3.05) is 18.3 Å². The molecule has 5 nitrogen and oxygen atoms in total. The number of thioether (sulfide) groups is 2. The molecule has 166 valence electrons. The number of amides is 1. The number of rotatable bonds is 6. The van der Waals surface area contributed by atoms with Gasteiger partial charge in [-0.1, -0.05) is 42.2 Å². The highest BCUT2D eigenvalue weighted by Crippen LogP contribution is 2.37. The van der Waals surface area contributed by atoms with Crippen molar-refractivity contribution in [3.05, 3.63) is 88.8 Å². The summed E-state index contributed by atoms with van der Waals surface area (Å²) < 4.78 is 11.0. The molecule has 1 aliphatic rings. The molecule has 1 fully saturated rings. The highest BCUT2D eigenvalue weighted by molar-refractivity contribution is 8.27. The second-order valence-electron chi connectivity index (χ2n) is 6.91. The van der Waals surface area contributed by atoms with Gasteiger partial charge in [0.15, 0.2) is 4.32 Å². The van der Waals surface area contributed by atoms with Gasteiger partial charge in [0.1, 0.15) is 11.5 Å². The van der Waals surface area contributed by atoms with E-state index in [0.717, 1.165) is 16.1 Å². The molecule has 1 saturated heterocycles. The van der Waals surface area contributed by atoms with Gasteiger partial charge in [-0.15, -0.1) is 11.8 Å². The number of hydrogen-bond acceptors (Lipinski definition) is 7. The fraction of sp³-hybridized carbons (Fsp3) is 0.0800. The summed E-state index contributed by atoms with van der Waals surface area (Å²) in [7, 11) is 1.57. The first-order valence-corrected chi connectivity index (χ1v) is 12.3. The SMILES string of the molecule is COc1ccc(C(=O)Oc2ccc(/C=C3/SC(=S)N(c4cccc(SC)c4)C3=O)cc2)cc1. The zero-order chi connectivity index (χ0) is 23.4. The molecule has 0 bridgehead atoms. The van der Waals surface area contributed by atoms with Crippen LogP contribution in [-0.2, 0) is 4.79 Å². The molecule has 0 aromatic heterocycles. The van der Waals surface area contributed by atoms with Gasteiger partial charge < -0.3 is 9.47 Å². The Labute approximate surface area is 205 Å². The fourth-order valence-corrected chi connectivity index (χ4v) is 4.87. The van der Waals surface area contributed by atoms with Crippen LogP contribution >= 0.6 is 35.7 Å². The Morgan fingerprint density at radius 1 is 1.03 bits per heavy atom. The molecule has 0 unspecified atom stereocenters. The van der Waals surface area contributed by atoms with Crippen LogP contribution in [0.15, 0.2) is 82.6 Å². The number of ether oxygens (including phenoxy) is 2. The van der Waals surface area contributed by atoms with E-state index in [-0.39, 0.29) is 5.91 Å². The molecule has 0 spiro atoms. The van der Waals surface area contributed by atoms with Gasteiger partial charge in [-0.2, -0.15) is 0 Å². The summed E-state index contributed by atoms with van der Waals surface area (Å²) in [6, 6.07) is 21.4. The average molecular weight is 494 g/mol. The number of benzene rings is 3. The lowest BCUT2D eigenvalue weighted by Gasteiger charge is -2.15. The minimum Gasteiger partial charge on any atom is -0.497 e. The largest absolute Gasteiger partial charge is 0.497 e. The van der Waals surface area contributed by atoms with E-state index in [1.165, 1.54) is 11.8 Å². The Morgan fingerprint density at radius 2 is 1.73 bits per heavy atom. The molecule has 0 radical (unpaired) electrons. The van der Waals surface area contributed by atoms with Gasteiger partial charge >= 0.3 is 5.97 Å². The third kappa shape index (κ3) is 5.30. The number of nitrogens with zero attached hydrogens (tertiary/aromatic N) is 1. The molecule has 0 N–H and O–H groups in total. The Bertz CT molecular complexity index is 1240. The molecule has 0 aliphatic carbocycles. The van der Waals surface area contributed by atoms with Crippen molar-refractivity contribution < 1.29 is 19.1 Å². The van der Waals surface area contributed by atoms with Gasteiger partial charge in [0, 0.05) is 4.90 Å². The van der Waals surface area contributed by atoms with E-state index in [2.05, 4.69) is 0 Å². The number of methoxy groups -OCH3 is 1. The summed E-state index contributed by atoms with van der Waals surface area (Å²) in [5, 5.41) is 0. The maximum Gasteiger partial charge on any atom is 0.343 e. The monoisotopic (exact) mass is 493 g/mol. The minimum absolute atomic E-state index is 0.154. The Kier molecular flexibility index (Phi) is 7.17. The third-order valence-electron chi connectivity index (χ3n) is 4.82. The van der Waals surface area contributed by atoms with E-state index in [4.69, 9.17) is 21.7 Å². The number of esters is 1. The number of hydrogen-bond donors (Lipinski definition) is 0. The molecule has 1 aliphatic heterocycles. The molecule has 4 rings (SSSR count). The maximum absolute atomic E-state index is 13.0. The van der Waals surface area contributed by atoms with Crippen molar-refractivity contribution in [1.29, 1.82) is 0 Å². The van der Waals surface area contributed by atoms with Crippen LogP contribution in [0.5, 0.6) is 11.5 Å². The van der Waals surface area contributed by atoms with E-state index < -0.39 is 5.97 Å². The van der Waals surface area contributed by atoms with E-state index >= 15 is 0 Å². The molecule has 1 amide bonds. The lowest BCUT2D eigenvalue weighted by atomic mass is 10.2. The van der Waals surface area contributed by atoms with Gasteiger partial charge in [0.25, 0.3) is 5.91 Å². The van der Waals surface area contributed by atoms with Crippen molar-refractivity contribution >= 4 is 63.7 Å². The molecule has 3 aromatic rings. The molecule has 0 atom stereocenters. The molecule has 0 saturated carbocycles. The van der Waals surface area contributed by atoms with Crippen LogP contribution in [0.25, 0.3) is 6.08 Å². The Balaban J connectivity index is 1.46. The summed E-state index contributed by atoms with van der Waals surface area (Å²) in [5.74, 6) is 0.463. The number of carbonyl (C=O) groups is 2. The topological polar surface area (TPSA) is 55.8 Å². The Morgan fingerprint density at radius 3 is 2.39 bits per heavy atom. The van der Waals surface area contributed by atoms with Crippen LogP contribution < -0.4 is 14.4 Å². The van der Waals surface area contributed by atoms with Crippen LogP contribution in [0.1, 0.15) is 15.9 Å². The third-order valence-corrected chi connectivity index (χ3v) is 6.85. The standard InChI is InChI=1S/C25H19NO4S3/c1-29-19-12-8-17(9-13-19)24(28)30-20-10-6-16(7-11-20)14-22-23(27)26(25(31)33-22)18-4-3-5-21(15-18)32-2/h3-15H,1-2H3/b22-14+. The van der Waals surface area contributed by atoms with Gasteiger partial charge in [0.2, 0.25) is 0 Å². The number of thiocarbonyl (C=S) groups is 1. The highest BCUT2D eigenvalue weighted by Gasteiger charge is 2.33. The van der Waals surface area contributed by atoms with E-state index in [1.54, 1.807) is 78.4 Å². The van der Waals surface area contributed by atoms with E-state index in [0.29, 0.717) is 26.3 Å².